The summed E-state index contributed by atoms with van der Waals surface area (Å²) in [6, 6.07) is 19.8. The molecule has 1 aliphatic heterocycles. The fourth-order valence-corrected chi connectivity index (χ4v) is 3.17. The number of hydrogen-bond donors (Lipinski definition) is 2. The average molecular weight is 390 g/mol. The van der Waals surface area contributed by atoms with Gasteiger partial charge in [0.25, 0.3) is 5.69 Å². The number of ether oxygens (including phenoxy) is 1. The minimum absolute atomic E-state index is 0.0939. The highest BCUT2D eigenvalue weighted by atomic mass is 16.6. The molecule has 0 bridgehead atoms. The first-order chi connectivity index (χ1) is 14.1. The van der Waals surface area contributed by atoms with Gasteiger partial charge in [-0.25, -0.2) is 0 Å². The number of nitro groups is 1. The molecular weight excluding hydrogens is 371 g/mol. The van der Waals surface area contributed by atoms with Gasteiger partial charge in [-0.3, -0.25) is 10.1 Å². The fourth-order valence-electron chi connectivity index (χ4n) is 3.17. The molecule has 2 N–H and O–H groups in total. The van der Waals surface area contributed by atoms with Gasteiger partial charge in [0.15, 0.2) is 0 Å². The average Bonchev–Trinajstić information content (AvgIpc) is 3.10. The van der Waals surface area contributed by atoms with E-state index in [9.17, 15) is 15.1 Å². The Bertz CT molecular complexity index is 1010. The van der Waals surface area contributed by atoms with E-state index in [0.717, 1.165) is 27.9 Å². The van der Waals surface area contributed by atoms with Crippen molar-refractivity contribution in [2.24, 2.45) is 0 Å². The van der Waals surface area contributed by atoms with Gasteiger partial charge in [0, 0.05) is 25.2 Å². The van der Waals surface area contributed by atoms with E-state index in [4.69, 9.17) is 9.39 Å². The van der Waals surface area contributed by atoms with Crippen LogP contribution < -0.4 is 15.5 Å². The van der Waals surface area contributed by atoms with Crippen molar-refractivity contribution in [1.29, 1.82) is 0 Å². The molecule has 0 aromatic heterocycles. The van der Waals surface area contributed by atoms with Crippen molar-refractivity contribution in [3.8, 4) is 11.5 Å². The quantitative estimate of drug-likeness (QED) is 0.366. The summed E-state index contributed by atoms with van der Waals surface area (Å²) in [6.45, 7) is 1.68. The molecule has 0 saturated heterocycles. The van der Waals surface area contributed by atoms with Gasteiger partial charge in [0.1, 0.15) is 11.5 Å². The van der Waals surface area contributed by atoms with Crippen molar-refractivity contribution < 1.29 is 19.3 Å². The number of benzene rings is 3. The van der Waals surface area contributed by atoms with Gasteiger partial charge in [-0.1, -0.05) is 30.3 Å². The maximum atomic E-state index is 10.7. The molecule has 0 fully saturated rings. The first kappa shape index (κ1) is 19.1. The van der Waals surface area contributed by atoms with Crippen molar-refractivity contribution in [2.45, 2.75) is 19.7 Å². The number of rotatable bonds is 7. The van der Waals surface area contributed by atoms with E-state index < -0.39 is 12.0 Å². The first-order valence-corrected chi connectivity index (χ1v) is 9.22. The summed E-state index contributed by atoms with van der Waals surface area (Å²) in [7, 11) is -0.850. The standard InChI is InChI=1S/C21H19BN2O5/c25-22-21-10-9-20(11-17(21)14-28-22)29-19-7-3-16(4-8-19)13-23-12-15-1-5-18(6-2-15)24(26)27/h1-11,23,25H,12-14H2. The lowest BCUT2D eigenvalue weighted by Gasteiger charge is -2.09. The molecule has 0 amide bonds. The monoisotopic (exact) mass is 390 g/mol. The largest absolute Gasteiger partial charge is 0.491 e. The lowest BCUT2D eigenvalue weighted by atomic mass is 9.80. The number of fused-ring (bicyclic) bond motifs is 1. The third-order valence-corrected chi connectivity index (χ3v) is 4.74. The van der Waals surface area contributed by atoms with Gasteiger partial charge in [-0.05, 0) is 46.4 Å². The van der Waals surface area contributed by atoms with Crippen LogP contribution in [0.15, 0.2) is 66.7 Å². The number of nitro benzene ring substituents is 1. The topological polar surface area (TPSA) is 93.9 Å². The maximum Gasteiger partial charge on any atom is 0.491 e. The second-order valence-electron chi connectivity index (χ2n) is 6.80. The zero-order valence-electron chi connectivity index (χ0n) is 15.6. The molecule has 3 aromatic rings. The molecule has 0 aliphatic carbocycles. The predicted molar refractivity (Wildman–Crippen MR) is 109 cm³/mol. The van der Waals surface area contributed by atoms with Crippen LogP contribution in [0.1, 0.15) is 16.7 Å². The first-order valence-electron chi connectivity index (χ1n) is 9.22. The van der Waals surface area contributed by atoms with Crippen LogP contribution in [0.3, 0.4) is 0 Å². The van der Waals surface area contributed by atoms with Crippen LogP contribution in [0.4, 0.5) is 5.69 Å². The summed E-state index contributed by atoms with van der Waals surface area (Å²) in [6.07, 6.45) is 0. The summed E-state index contributed by atoms with van der Waals surface area (Å²) in [5.41, 5.74) is 3.90. The number of non-ortho nitro benzene ring substituents is 1. The molecule has 8 heteroatoms. The highest BCUT2D eigenvalue weighted by Gasteiger charge is 2.27. The summed E-state index contributed by atoms with van der Waals surface area (Å²) in [5.74, 6) is 1.43. The normalized spacial score (nSPS) is 12.7. The Balaban J connectivity index is 1.29. The van der Waals surface area contributed by atoms with Gasteiger partial charge in [0.2, 0.25) is 0 Å². The van der Waals surface area contributed by atoms with Crippen LogP contribution in [0.2, 0.25) is 0 Å². The van der Waals surface area contributed by atoms with E-state index in [-0.39, 0.29) is 5.69 Å². The molecule has 0 atom stereocenters. The van der Waals surface area contributed by atoms with E-state index in [2.05, 4.69) is 5.32 Å². The molecule has 0 saturated carbocycles. The van der Waals surface area contributed by atoms with Crippen LogP contribution in [0.5, 0.6) is 11.5 Å². The highest BCUT2D eigenvalue weighted by molar-refractivity contribution is 6.61. The van der Waals surface area contributed by atoms with Crippen molar-refractivity contribution in [3.05, 3.63) is 93.5 Å². The van der Waals surface area contributed by atoms with Gasteiger partial charge < -0.3 is 19.7 Å². The van der Waals surface area contributed by atoms with E-state index in [1.54, 1.807) is 12.1 Å². The Hall–Kier alpha value is -3.20. The Kier molecular flexibility index (Phi) is 5.57. The highest BCUT2D eigenvalue weighted by Crippen LogP contribution is 2.24. The minimum atomic E-state index is -0.850. The third kappa shape index (κ3) is 4.63. The molecular formula is C21H19BN2O5. The molecule has 1 heterocycles. The van der Waals surface area contributed by atoms with E-state index >= 15 is 0 Å². The van der Waals surface area contributed by atoms with Crippen molar-refractivity contribution >= 4 is 18.3 Å². The number of nitrogens with zero attached hydrogens (tertiary/aromatic N) is 1. The SMILES string of the molecule is O=[N+]([O-])c1ccc(CNCc2ccc(Oc3ccc4c(c3)COB4O)cc2)cc1. The fraction of sp³-hybridized carbons (Fsp3) is 0.143. The van der Waals surface area contributed by atoms with Crippen LogP contribution in [0, 0.1) is 10.1 Å². The third-order valence-electron chi connectivity index (χ3n) is 4.74. The molecule has 3 aromatic carbocycles. The Labute approximate surface area is 168 Å². The van der Waals surface area contributed by atoms with Crippen LogP contribution in [0.25, 0.3) is 0 Å². The van der Waals surface area contributed by atoms with Crippen molar-refractivity contribution in [1.82, 2.24) is 5.32 Å². The minimum Gasteiger partial charge on any atom is -0.457 e. The zero-order chi connectivity index (χ0) is 20.2. The summed E-state index contributed by atoms with van der Waals surface area (Å²) in [4.78, 5) is 10.3. The molecule has 0 unspecified atom stereocenters. The predicted octanol–water partition coefficient (Wildman–Crippen LogP) is 2.89. The number of nitrogens with one attached hydrogen (secondary N) is 1. The molecule has 0 spiro atoms. The Morgan fingerprint density at radius 2 is 1.62 bits per heavy atom. The van der Waals surface area contributed by atoms with Crippen LogP contribution in [-0.4, -0.2) is 17.1 Å². The van der Waals surface area contributed by atoms with Crippen molar-refractivity contribution in [2.75, 3.05) is 0 Å². The molecule has 29 heavy (non-hydrogen) atoms. The summed E-state index contributed by atoms with van der Waals surface area (Å²) < 4.78 is 11.1. The van der Waals surface area contributed by atoms with E-state index in [1.807, 2.05) is 42.5 Å². The summed E-state index contributed by atoms with van der Waals surface area (Å²) in [5, 5.41) is 23.7. The van der Waals surface area contributed by atoms with Gasteiger partial charge in [0.05, 0.1) is 11.5 Å². The van der Waals surface area contributed by atoms with Gasteiger partial charge >= 0.3 is 7.12 Å². The smallest absolute Gasteiger partial charge is 0.457 e. The van der Waals surface area contributed by atoms with Crippen molar-refractivity contribution in [3.63, 3.8) is 0 Å². The Morgan fingerprint density at radius 1 is 1.00 bits per heavy atom. The van der Waals surface area contributed by atoms with Gasteiger partial charge in [-0.15, -0.1) is 0 Å². The lowest BCUT2D eigenvalue weighted by molar-refractivity contribution is -0.384. The lowest BCUT2D eigenvalue weighted by Crippen LogP contribution is -2.27. The van der Waals surface area contributed by atoms with E-state index in [1.165, 1.54) is 12.1 Å². The van der Waals surface area contributed by atoms with Crippen LogP contribution >= 0.6 is 0 Å². The zero-order valence-corrected chi connectivity index (χ0v) is 15.6. The molecule has 4 rings (SSSR count). The van der Waals surface area contributed by atoms with Gasteiger partial charge in [-0.2, -0.15) is 0 Å². The van der Waals surface area contributed by atoms with Crippen LogP contribution in [-0.2, 0) is 24.4 Å². The summed E-state index contributed by atoms with van der Waals surface area (Å²) >= 11 is 0. The Morgan fingerprint density at radius 3 is 2.28 bits per heavy atom. The molecule has 1 aliphatic rings. The second-order valence-corrected chi connectivity index (χ2v) is 6.80. The molecule has 146 valence electrons. The molecule has 7 nitrogen and oxygen atoms in total. The molecule has 0 radical (unpaired) electrons. The van der Waals surface area contributed by atoms with E-state index in [0.29, 0.717) is 25.4 Å². The maximum absolute atomic E-state index is 10.7. The second kappa shape index (κ2) is 8.44. The number of hydrogen-bond acceptors (Lipinski definition) is 6.